The third-order valence-corrected chi connectivity index (χ3v) is 5.37. The van der Waals surface area contributed by atoms with E-state index in [9.17, 15) is 9.59 Å². The fraction of sp³-hybridized carbons (Fsp3) is 0.346. The molecule has 10 heteroatoms. The molecule has 2 amide bonds. The first-order valence-electron chi connectivity index (χ1n) is 11.6. The van der Waals surface area contributed by atoms with Gasteiger partial charge in [0.25, 0.3) is 0 Å². The lowest BCUT2D eigenvalue weighted by Gasteiger charge is -2.33. The highest BCUT2D eigenvalue weighted by Gasteiger charge is 2.34. The Kier molecular flexibility index (Phi) is 7.05. The van der Waals surface area contributed by atoms with Crippen LogP contribution in [0.4, 0.5) is 0 Å². The number of hydrogen-bond acceptors (Lipinski definition) is 7. The Hall–Kier alpha value is -4.21. The van der Waals surface area contributed by atoms with Crippen LogP contribution in [0.15, 0.2) is 63.6 Å². The van der Waals surface area contributed by atoms with E-state index in [0.29, 0.717) is 22.8 Å². The van der Waals surface area contributed by atoms with Gasteiger partial charge in [-0.1, -0.05) is 29.8 Å². The number of aromatic nitrogens is 4. The molecule has 0 aliphatic heterocycles. The maximum atomic E-state index is 13.7. The molecule has 36 heavy (non-hydrogen) atoms. The lowest BCUT2D eigenvalue weighted by atomic mass is 10.00. The molecule has 0 saturated heterocycles. The van der Waals surface area contributed by atoms with Crippen molar-refractivity contribution in [3.63, 3.8) is 0 Å². The number of nitrogens with zero attached hydrogens (tertiary/aromatic N) is 5. The molecule has 0 radical (unpaired) electrons. The van der Waals surface area contributed by atoms with Gasteiger partial charge in [-0.05, 0) is 69.7 Å². The van der Waals surface area contributed by atoms with E-state index in [1.807, 2.05) is 58.9 Å². The van der Waals surface area contributed by atoms with Crippen molar-refractivity contribution >= 4 is 11.8 Å². The summed E-state index contributed by atoms with van der Waals surface area (Å²) in [4.78, 5) is 29.9. The predicted molar refractivity (Wildman–Crippen MR) is 131 cm³/mol. The van der Waals surface area contributed by atoms with Crippen LogP contribution in [0.1, 0.15) is 49.5 Å². The second kappa shape index (κ2) is 10.2. The molecule has 0 unspecified atom stereocenters. The number of nitrogens with one attached hydrogen (secondary N) is 1. The summed E-state index contributed by atoms with van der Waals surface area (Å²) in [5.41, 5.74) is 1.23. The summed E-state index contributed by atoms with van der Waals surface area (Å²) >= 11 is 0. The average molecular weight is 491 g/mol. The van der Waals surface area contributed by atoms with Crippen molar-refractivity contribution in [1.82, 2.24) is 30.4 Å². The number of benzene rings is 1. The number of carbonyl (C=O) groups excluding carboxylic acids is 2. The lowest BCUT2D eigenvalue weighted by Crippen LogP contribution is -2.49. The molecule has 4 aromatic rings. The molecule has 4 rings (SSSR count). The Balaban J connectivity index is 1.67. The first-order chi connectivity index (χ1) is 17.1. The lowest BCUT2D eigenvalue weighted by molar-refractivity contribution is -0.143. The van der Waals surface area contributed by atoms with E-state index in [1.165, 1.54) is 16.0 Å². The minimum Gasteiger partial charge on any atom is -0.467 e. The Morgan fingerprint density at radius 1 is 1.08 bits per heavy atom. The van der Waals surface area contributed by atoms with Gasteiger partial charge < -0.3 is 19.1 Å². The molecule has 0 bridgehead atoms. The Labute approximate surface area is 209 Å². The van der Waals surface area contributed by atoms with Gasteiger partial charge in [0.15, 0.2) is 5.76 Å². The Morgan fingerprint density at radius 3 is 2.44 bits per heavy atom. The van der Waals surface area contributed by atoms with Crippen molar-refractivity contribution in [3.05, 3.63) is 77.4 Å². The van der Waals surface area contributed by atoms with Crippen molar-refractivity contribution in [1.29, 1.82) is 0 Å². The van der Waals surface area contributed by atoms with E-state index in [0.717, 1.165) is 5.56 Å². The zero-order valence-corrected chi connectivity index (χ0v) is 21.1. The topological polar surface area (TPSA) is 119 Å². The number of aryl methyl sites for hydroxylation is 2. The monoisotopic (exact) mass is 490 g/mol. The van der Waals surface area contributed by atoms with E-state index in [1.54, 1.807) is 24.3 Å². The highest BCUT2D eigenvalue weighted by molar-refractivity contribution is 5.89. The van der Waals surface area contributed by atoms with Gasteiger partial charge in [0.1, 0.15) is 24.1 Å². The second-order valence-electron chi connectivity index (χ2n) is 9.71. The van der Waals surface area contributed by atoms with Gasteiger partial charge in [-0.15, -0.1) is 10.2 Å². The molecule has 0 aliphatic rings. The van der Waals surface area contributed by atoms with Crippen LogP contribution in [0.5, 0.6) is 0 Å². The number of hydrogen-bond donors (Lipinski definition) is 1. The van der Waals surface area contributed by atoms with Crippen LogP contribution < -0.4 is 5.32 Å². The van der Waals surface area contributed by atoms with Gasteiger partial charge in [-0.2, -0.15) is 4.80 Å². The van der Waals surface area contributed by atoms with Gasteiger partial charge >= 0.3 is 0 Å². The zero-order chi connectivity index (χ0) is 25.9. The minimum atomic E-state index is -0.904. The largest absolute Gasteiger partial charge is 0.467 e. The molecule has 10 nitrogen and oxygen atoms in total. The molecule has 1 N–H and O–H groups in total. The summed E-state index contributed by atoms with van der Waals surface area (Å²) in [6, 6.07) is 13.7. The van der Waals surface area contributed by atoms with Gasteiger partial charge in [-0.3, -0.25) is 9.59 Å². The standard InChI is InChI=1S/C26H30N6O4/c1-17-8-11-19(12-9-17)23(25(34)27-26(3,4)5)31(15-20-7-6-14-35-20)22(33)16-32-29-24(28-30-32)21-13-10-18(2)36-21/h6-14,23H,15-16H2,1-5H3,(H,27,34)/t23-/m1/s1. The van der Waals surface area contributed by atoms with Crippen molar-refractivity contribution in [2.24, 2.45) is 0 Å². The SMILES string of the molecule is Cc1ccc([C@H](C(=O)NC(C)(C)C)N(Cc2ccco2)C(=O)Cn2nnc(-c3ccc(C)o3)n2)cc1. The maximum absolute atomic E-state index is 13.7. The number of tetrazole rings is 1. The van der Waals surface area contributed by atoms with Crippen molar-refractivity contribution in [2.75, 3.05) is 0 Å². The second-order valence-corrected chi connectivity index (χ2v) is 9.71. The molecule has 0 aliphatic carbocycles. The van der Waals surface area contributed by atoms with Crippen molar-refractivity contribution in [2.45, 2.75) is 59.3 Å². The molecule has 3 heterocycles. The van der Waals surface area contributed by atoms with Crippen molar-refractivity contribution < 1.29 is 18.4 Å². The minimum absolute atomic E-state index is 0.0842. The first kappa shape index (κ1) is 24.9. The quantitative estimate of drug-likeness (QED) is 0.399. The van der Waals surface area contributed by atoms with Gasteiger partial charge in [0.2, 0.25) is 17.6 Å². The molecular formula is C26H30N6O4. The van der Waals surface area contributed by atoms with E-state index < -0.39 is 11.6 Å². The molecule has 0 spiro atoms. The molecule has 0 fully saturated rings. The maximum Gasteiger partial charge on any atom is 0.247 e. The van der Waals surface area contributed by atoms with E-state index in [4.69, 9.17) is 8.83 Å². The summed E-state index contributed by atoms with van der Waals surface area (Å²) in [5.74, 6) is 1.31. The fourth-order valence-corrected chi connectivity index (χ4v) is 3.73. The number of carbonyl (C=O) groups is 2. The summed E-state index contributed by atoms with van der Waals surface area (Å²) < 4.78 is 11.1. The summed E-state index contributed by atoms with van der Waals surface area (Å²) in [5, 5.41) is 15.3. The van der Waals surface area contributed by atoms with Crippen LogP contribution in [0.3, 0.4) is 0 Å². The van der Waals surface area contributed by atoms with E-state index in [2.05, 4.69) is 20.7 Å². The van der Waals surface area contributed by atoms with Crippen LogP contribution in [-0.4, -0.2) is 42.5 Å². The molecular weight excluding hydrogens is 460 g/mol. The molecule has 1 atom stereocenters. The smallest absolute Gasteiger partial charge is 0.247 e. The Bertz CT molecular complexity index is 1320. The molecule has 0 saturated carbocycles. The number of rotatable bonds is 8. The molecule has 1 aromatic carbocycles. The number of amides is 2. The van der Waals surface area contributed by atoms with E-state index in [-0.39, 0.29) is 30.7 Å². The summed E-state index contributed by atoms with van der Waals surface area (Å²) in [6.45, 7) is 9.33. The van der Waals surface area contributed by atoms with Crippen LogP contribution in [0.25, 0.3) is 11.6 Å². The predicted octanol–water partition coefficient (Wildman–Crippen LogP) is 3.83. The van der Waals surface area contributed by atoms with Gasteiger partial charge in [0.05, 0.1) is 12.8 Å². The normalized spacial score (nSPS) is 12.4. The van der Waals surface area contributed by atoms with Gasteiger partial charge in [-0.25, -0.2) is 0 Å². The third-order valence-electron chi connectivity index (χ3n) is 5.37. The summed E-state index contributed by atoms with van der Waals surface area (Å²) in [7, 11) is 0. The van der Waals surface area contributed by atoms with Crippen LogP contribution >= 0.6 is 0 Å². The first-order valence-corrected chi connectivity index (χ1v) is 11.6. The van der Waals surface area contributed by atoms with Crippen molar-refractivity contribution in [3.8, 4) is 11.6 Å². The highest BCUT2D eigenvalue weighted by atomic mass is 16.3. The fourth-order valence-electron chi connectivity index (χ4n) is 3.73. The van der Waals surface area contributed by atoms with Crippen LogP contribution in [0, 0.1) is 13.8 Å². The zero-order valence-electron chi connectivity index (χ0n) is 21.1. The third kappa shape index (κ3) is 6.07. The average Bonchev–Trinajstić information content (AvgIpc) is 3.56. The molecule has 188 valence electrons. The van der Waals surface area contributed by atoms with Crippen LogP contribution in [0.2, 0.25) is 0 Å². The molecule has 3 aromatic heterocycles. The number of furan rings is 2. The van der Waals surface area contributed by atoms with Crippen LogP contribution in [-0.2, 0) is 22.7 Å². The van der Waals surface area contributed by atoms with Gasteiger partial charge in [0, 0.05) is 5.54 Å². The van der Waals surface area contributed by atoms with E-state index >= 15 is 0 Å². The summed E-state index contributed by atoms with van der Waals surface area (Å²) in [6.07, 6.45) is 1.53. The Morgan fingerprint density at radius 2 is 1.83 bits per heavy atom. The highest BCUT2D eigenvalue weighted by Crippen LogP contribution is 2.26.